The van der Waals surface area contributed by atoms with Gasteiger partial charge in [0.2, 0.25) is 0 Å². The summed E-state index contributed by atoms with van der Waals surface area (Å²) in [5.41, 5.74) is 6.76. The Morgan fingerprint density at radius 2 is 1.97 bits per heavy atom. The lowest BCUT2D eigenvalue weighted by Gasteiger charge is -2.42. The second-order valence-corrected chi connectivity index (χ2v) is 11.4. The standard InChI is InChI=1S/C28H33ClN6O2/c1-33-20-2-3-21(33)14-35(13-20)28(36)34-6-4-17-8-18(19-10-23-25(29)12-32-27(23)31-11-19)9-22(24(17)15-34)26-16-37-7-5-30-26/h8-12,20-21,26,30H,2-7,13-16H2,1H3,(H,31,32)/t20?,21?,26-/m0/s1. The minimum atomic E-state index is 0.101. The number of urea groups is 1. The predicted molar refractivity (Wildman–Crippen MR) is 144 cm³/mol. The van der Waals surface area contributed by atoms with Crippen LogP contribution in [0.3, 0.4) is 0 Å². The van der Waals surface area contributed by atoms with Gasteiger partial charge in [0.05, 0.1) is 24.3 Å². The van der Waals surface area contributed by atoms with Gasteiger partial charge in [-0.15, -0.1) is 0 Å². The summed E-state index contributed by atoms with van der Waals surface area (Å²) in [6, 6.07) is 7.95. The maximum Gasteiger partial charge on any atom is 0.320 e. The highest BCUT2D eigenvalue weighted by Gasteiger charge is 2.40. The monoisotopic (exact) mass is 520 g/mol. The van der Waals surface area contributed by atoms with Crippen molar-refractivity contribution in [2.45, 2.75) is 43.9 Å². The van der Waals surface area contributed by atoms with Crippen LogP contribution in [0.1, 0.15) is 35.6 Å². The first-order valence-corrected chi connectivity index (χ1v) is 13.8. The third-order valence-electron chi connectivity index (χ3n) is 8.88. The van der Waals surface area contributed by atoms with Crippen LogP contribution in [-0.4, -0.2) is 89.2 Å². The van der Waals surface area contributed by atoms with Crippen LogP contribution in [0, 0.1) is 0 Å². The number of ether oxygens (including phenoxy) is 1. The number of morpholine rings is 1. The number of H-pyrrole nitrogens is 1. The Labute approximate surface area is 221 Å². The number of carbonyl (C=O) groups excluding carboxylic acids is 1. The largest absolute Gasteiger partial charge is 0.378 e. The lowest BCUT2D eigenvalue weighted by atomic mass is 9.87. The summed E-state index contributed by atoms with van der Waals surface area (Å²) in [5, 5.41) is 5.25. The summed E-state index contributed by atoms with van der Waals surface area (Å²) in [5.74, 6) is 0. The SMILES string of the molecule is CN1C2CCC1CN(C(=O)N1CCc3cc(-c4cnc5[nH]cc(Cl)c5c4)cc([C@@H]4COCCN4)c3C1)C2. The number of piperazine rings is 1. The number of aromatic nitrogens is 2. The van der Waals surface area contributed by atoms with Gasteiger partial charge in [0.25, 0.3) is 0 Å². The van der Waals surface area contributed by atoms with E-state index < -0.39 is 0 Å². The molecule has 37 heavy (non-hydrogen) atoms. The number of halogens is 1. The van der Waals surface area contributed by atoms with Crippen LogP contribution in [0.5, 0.6) is 0 Å². The van der Waals surface area contributed by atoms with E-state index in [0.29, 0.717) is 30.3 Å². The molecule has 0 aliphatic carbocycles. The Morgan fingerprint density at radius 3 is 2.76 bits per heavy atom. The number of hydrogen-bond donors (Lipinski definition) is 2. The smallest absolute Gasteiger partial charge is 0.320 e. The summed E-state index contributed by atoms with van der Waals surface area (Å²) < 4.78 is 5.86. The Hall–Kier alpha value is -2.65. The van der Waals surface area contributed by atoms with Crippen molar-refractivity contribution in [3.63, 3.8) is 0 Å². The van der Waals surface area contributed by atoms with Crippen molar-refractivity contribution in [2.75, 3.05) is 46.4 Å². The van der Waals surface area contributed by atoms with Gasteiger partial charge >= 0.3 is 6.03 Å². The highest BCUT2D eigenvalue weighted by molar-refractivity contribution is 6.35. The van der Waals surface area contributed by atoms with Gasteiger partial charge in [0, 0.05) is 68.2 Å². The Kier molecular flexibility index (Phi) is 5.88. The summed E-state index contributed by atoms with van der Waals surface area (Å²) in [4.78, 5) is 28.0. The molecule has 2 N–H and O–H groups in total. The van der Waals surface area contributed by atoms with Crippen LogP contribution >= 0.6 is 11.6 Å². The number of likely N-dealkylation sites (tertiary alicyclic amines) is 1. The Bertz CT molecular complexity index is 1340. The number of pyridine rings is 1. The number of rotatable bonds is 2. The molecule has 2 amide bonds. The van der Waals surface area contributed by atoms with E-state index in [-0.39, 0.29) is 12.1 Å². The summed E-state index contributed by atoms with van der Waals surface area (Å²) >= 11 is 6.40. The van der Waals surface area contributed by atoms with Crippen molar-refractivity contribution >= 4 is 28.7 Å². The Morgan fingerprint density at radius 1 is 1.14 bits per heavy atom. The molecule has 6 heterocycles. The van der Waals surface area contributed by atoms with E-state index in [1.165, 1.54) is 29.5 Å². The van der Waals surface area contributed by atoms with E-state index in [1.54, 1.807) is 6.20 Å². The zero-order valence-electron chi connectivity index (χ0n) is 21.2. The predicted octanol–water partition coefficient (Wildman–Crippen LogP) is 3.80. The topological polar surface area (TPSA) is 76.7 Å². The molecule has 2 bridgehead atoms. The number of fused-ring (bicyclic) bond motifs is 4. The Balaban J connectivity index is 1.22. The van der Waals surface area contributed by atoms with Gasteiger partial charge in [-0.1, -0.05) is 17.7 Å². The second-order valence-electron chi connectivity index (χ2n) is 11.0. The van der Waals surface area contributed by atoms with Crippen molar-refractivity contribution in [1.82, 2.24) is 30.0 Å². The van der Waals surface area contributed by atoms with E-state index in [2.05, 4.69) is 55.2 Å². The third kappa shape index (κ3) is 4.11. The number of aromatic amines is 1. The fraction of sp³-hybridized carbons (Fsp3) is 0.500. The second kappa shape index (κ2) is 9.27. The van der Waals surface area contributed by atoms with Crippen molar-refractivity contribution in [3.8, 4) is 11.1 Å². The number of nitrogens with zero attached hydrogens (tertiary/aromatic N) is 4. The molecule has 4 aliphatic rings. The molecule has 0 spiro atoms. The molecular formula is C28H33ClN6O2. The number of likely N-dealkylation sites (N-methyl/N-ethyl adjacent to an activating group) is 1. The first-order chi connectivity index (χ1) is 18.0. The van der Waals surface area contributed by atoms with Crippen LogP contribution in [0.25, 0.3) is 22.2 Å². The van der Waals surface area contributed by atoms with Gasteiger partial charge in [0.1, 0.15) is 5.65 Å². The van der Waals surface area contributed by atoms with Gasteiger partial charge < -0.3 is 24.8 Å². The molecule has 8 nitrogen and oxygen atoms in total. The number of amides is 2. The van der Waals surface area contributed by atoms with Gasteiger partial charge in [-0.05, 0) is 60.7 Å². The molecule has 2 unspecified atom stereocenters. The zero-order chi connectivity index (χ0) is 25.1. The molecule has 0 radical (unpaired) electrons. The maximum absolute atomic E-state index is 13.7. The van der Waals surface area contributed by atoms with Crippen LogP contribution in [0.15, 0.2) is 30.6 Å². The van der Waals surface area contributed by atoms with Gasteiger partial charge in [-0.25, -0.2) is 9.78 Å². The van der Waals surface area contributed by atoms with E-state index in [0.717, 1.165) is 61.4 Å². The normalized spacial score (nSPS) is 26.1. The molecule has 7 rings (SSSR count). The summed E-state index contributed by atoms with van der Waals surface area (Å²) in [6.45, 7) is 5.25. The first-order valence-electron chi connectivity index (χ1n) is 13.4. The number of hydrogen-bond acceptors (Lipinski definition) is 5. The van der Waals surface area contributed by atoms with Crippen molar-refractivity contribution in [2.24, 2.45) is 0 Å². The van der Waals surface area contributed by atoms with E-state index >= 15 is 0 Å². The average molecular weight is 521 g/mol. The average Bonchev–Trinajstić information content (AvgIpc) is 3.38. The van der Waals surface area contributed by atoms with Gasteiger partial charge in [-0.3, -0.25) is 4.90 Å². The molecule has 9 heteroatoms. The molecule has 4 aliphatic heterocycles. The number of carbonyl (C=O) groups is 1. The molecule has 1 aromatic carbocycles. The van der Waals surface area contributed by atoms with E-state index in [4.69, 9.17) is 16.3 Å². The van der Waals surface area contributed by atoms with Crippen LogP contribution < -0.4 is 5.32 Å². The molecule has 3 aromatic rings. The van der Waals surface area contributed by atoms with Crippen LogP contribution in [0.2, 0.25) is 5.02 Å². The first kappa shape index (κ1) is 23.5. The molecule has 3 atom stereocenters. The highest BCUT2D eigenvalue weighted by Crippen LogP contribution is 2.36. The quantitative estimate of drug-likeness (QED) is 0.537. The molecule has 3 fully saturated rings. The molecule has 0 saturated carbocycles. The third-order valence-corrected chi connectivity index (χ3v) is 9.19. The summed E-state index contributed by atoms with van der Waals surface area (Å²) in [7, 11) is 2.21. The molecule has 3 saturated heterocycles. The maximum atomic E-state index is 13.7. The van der Waals surface area contributed by atoms with E-state index in [9.17, 15) is 4.79 Å². The lowest BCUT2D eigenvalue weighted by Crippen LogP contribution is -2.57. The fourth-order valence-electron chi connectivity index (χ4n) is 6.70. The number of benzene rings is 1. The number of nitrogens with one attached hydrogen (secondary N) is 2. The lowest BCUT2D eigenvalue weighted by molar-refractivity contribution is 0.0750. The van der Waals surface area contributed by atoms with Crippen LogP contribution in [0.4, 0.5) is 4.79 Å². The van der Waals surface area contributed by atoms with Crippen molar-refractivity contribution in [1.29, 1.82) is 0 Å². The van der Waals surface area contributed by atoms with Crippen LogP contribution in [-0.2, 0) is 17.7 Å². The van der Waals surface area contributed by atoms with E-state index in [1.807, 2.05) is 6.20 Å². The minimum Gasteiger partial charge on any atom is -0.378 e. The molecule has 2 aromatic heterocycles. The van der Waals surface area contributed by atoms with Crippen molar-refractivity contribution in [3.05, 3.63) is 52.3 Å². The zero-order valence-corrected chi connectivity index (χ0v) is 21.9. The fourth-order valence-corrected chi connectivity index (χ4v) is 6.90. The minimum absolute atomic E-state index is 0.101. The van der Waals surface area contributed by atoms with Crippen molar-refractivity contribution < 1.29 is 9.53 Å². The van der Waals surface area contributed by atoms with Gasteiger partial charge in [-0.2, -0.15) is 0 Å². The highest BCUT2D eigenvalue weighted by atomic mass is 35.5. The van der Waals surface area contributed by atoms with Gasteiger partial charge in [0.15, 0.2) is 0 Å². The molecular weight excluding hydrogens is 488 g/mol. The summed E-state index contributed by atoms with van der Waals surface area (Å²) in [6.07, 6.45) is 6.93. The molecule has 194 valence electrons.